The lowest BCUT2D eigenvalue weighted by Crippen LogP contribution is -2.33. The van der Waals surface area contributed by atoms with Crippen molar-refractivity contribution in [3.05, 3.63) is 59.6 Å². The number of aryl methyl sites for hydroxylation is 1. The van der Waals surface area contributed by atoms with E-state index < -0.39 is 24.5 Å². The number of ether oxygens (including phenoxy) is 2. The number of alkyl halides is 2. The summed E-state index contributed by atoms with van der Waals surface area (Å²) in [6.07, 6.45) is 6.16. The number of halogens is 3. The fraction of sp³-hybridized carbons (Fsp3) is 0.261. The van der Waals surface area contributed by atoms with Crippen molar-refractivity contribution in [2.45, 2.75) is 32.5 Å². The van der Waals surface area contributed by atoms with Crippen LogP contribution in [-0.2, 0) is 16.1 Å². The first-order valence-electron chi connectivity index (χ1n) is 11.1. The fourth-order valence-electron chi connectivity index (χ4n) is 3.53. The van der Waals surface area contributed by atoms with E-state index in [4.69, 9.17) is 22.1 Å². The number of amides is 1. The Hall–Kier alpha value is -4.10. The smallest absolute Gasteiger partial charge is 0.387 e. The summed E-state index contributed by atoms with van der Waals surface area (Å²) in [6, 6.07) is 4.82. The van der Waals surface area contributed by atoms with Crippen molar-refractivity contribution >= 4 is 34.8 Å². The molecule has 0 spiro atoms. The molecule has 1 amide bonds. The molecule has 194 valence electrons. The minimum absolute atomic E-state index is 0.112. The number of aromatic nitrogens is 5. The molecule has 3 aromatic heterocycles. The number of carbonyl (C=O) groups is 2. The molecule has 0 aliphatic heterocycles. The Morgan fingerprint density at radius 3 is 2.86 bits per heavy atom. The molecule has 1 atom stereocenters. The summed E-state index contributed by atoms with van der Waals surface area (Å²) in [5, 5.41) is 11.5. The number of nitrogens with one attached hydrogen (secondary N) is 1. The van der Waals surface area contributed by atoms with Crippen LogP contribution in [-0.4, -0.2) is 55.5 Å². The van der Waals surface area contributed by atoms with E-state index in [0.717, 1.165) is 0 Å². The average molecular weight is 534 g/mol. The highest BCUT2D eigenvalue weighted by Crippen LogP contribution is 2.37. The molecule has 3 heterocycles. The second kappa shape index (κ2) is 11.3. The number of hydrogen-bond acceptors (Lipinski definition) is 8. The molecule has 0 aliphatic carbocycles. The van der Waals surface area contributed by atoms with Gasteiger partial charge in [0.1, 0.15) is 23.0 Å². The van der Waals surface area contributed by atoms with E-state index in [1.165, 1.54) is 46.0 Å². The SMILES string of the molecule is CCOC(=O)C(N)CCn1cc(NC(=O)c2cnn3cccnc23)c(-c2cc(Cl)ccc2OC(F)F)n1. The van der Waals surface area contributed by atoms with Gasteiger partial charge in [-0.05, 0) is 37.6 Å². The monoisotopic (exact) mass is 533 g/mol. The lowest BCUT2D eigenvalue weighted by molar-refractivity contribution is -0.144. The Balaban J connectivity index is 1.69. The summed E-state index contributed by atoms with van der Waals surface area (Å²) in [6.45, 7) is -1.09. The molecular weight excluding hydrogens is 512 g/mol. The standard InChI is InChI=1S/C23H22ClF2N7O4/c1-2-36-22(35)16(27)6-9-32-12-17(30-21(34)15-11-29-33-8-3-7-28-20(15)33)19(31-32)14-10-13(24)4-5-18(14)37-23(25)26/h3-5,7-8,10-12,16,23H,2,6,9,27H2,1H3,(H,30,34). The number of anilines is 1. The van der Waals surface area contributed by atoms with Gasteiger partial charge in [-0.3, -0.25) is 14.3 Å². The van der Waals surface area contributed by atoms with Gasteiger partial charge >= 0.3 is 12.6 Å². The van der Waals surface area contributed by atoms with Crippen LogP contribution in [0.2, 0.25) is 5.02 Å². The van der Waals surface area contributed by atoms with Gasteiger partial charge in [-0.2, -0.15) is 19.0 Å². The fourth-order valence-corrected chi connectivity index (χ4v) is 3.70. The molecule has 0 aliphatic rings. The van der Waals surface area contributed by atoms with Crippen molar-refractivity contribution in [1.82, 2.24) is 24.4 Å². The molecule has 0 saturated carbocycles. The molecule has 3 N–H and O–H groups in total. The van der Waals surface area contributed by atoms with Crippen LogP contribution in [0.3, 0.4) is 0 Å². The molecule has 0 fully saturated rings. The second-order valence-corrected chi connectivity index (χ2v) is 8.16. The topological polar surface area (TPSA) is 139 Å². The van der Waals surface area contributed by atoms with Gasteiger partial charge in [0.15, 0.2) is 5.65 Å². The Morgan fingerprint density at radius 2 is 2.11 bits per heavy atom. The minimum atomic E-state index is -3.10. The summed E-state index contributed by atoms with van der Waals surface area (Å²) < 4.78 is 38.6. The first-order valence-corrected chi connectivity index (χ1v) is 11.5. The maximum absolute atomic E-state index is 13.1. The molecule has 4 rings (SSSR count). The largest absolute Gasteiger partial charge is 0.465 e. The minimum Gasteiger partial charge on any atom is -0.465 e. The molecule has 1 aromatic carbocycles. The van der Waals surface area contributed by atoms with Gasteiger partial charge in [-0.25, -0.2) is 9.50 Å². The van der Waals surface area contributed by atoms with Crippen LogP contribution >= 0.6 is 11.6 Å². The second-order valence-electron chi connectivity index (χ2n) is 7.72. The van der Waals surface area contributed by atoms with Crippen LogP contribution in [0.4, 0.5) is 14.5 Å². The van der Waals surface area contributed by atoms with Gasteiger partial charge in [0.2, 0.25) is 0 Å². The summed E-state index contributed by atoms with van der Waals surface area (Å²) in [4.78, 5) is 29.2. The van der Waals surface area contributed by atoms with E-state index >= 15 is 0 Å². The van der Waals surface area contributed by atoms with Crippen molar-refractivity contribution in [3.63, 3.8) is 0 Å². The summed E-state index contributed by atoms with van der Waals surface area (Å²) in [5.74, 6) is -1.32. The van der Waals surface area contributed by atoms with Gasteiger partial charge in [-0.15, -0.1) is 0 Å². The molecule has 11 nitrogen and oxygen atoms in total. The summed E-state index contributed by atoms with van der Waals surface area (Å²) in [5.41, 5.74) is 6.78. The van der Waals surface area contributed by atoms with Crippen LogP contribution in [0.5, 0.6) is 5.75 Å². The zero-order valence-electron chi connectivity index (χ0n) is 19.5. The molecule has 1 unspecified atom stereocenters. The molecule has 0 radical (unpaired) electrons. The number of carbonyl (C=O) groups excluding carboxylic acids is 2. The predicted octanol–water partition coefficient (Wildman–Crippen LogP) is 3.38. The van der Waals surface area contributed by atoms with E-state index in [0.29, 0.717) is 5.65 Å². The summed E-state index contributed by atoms with van der Waals surface area (Å²) >= 11 is 6.13. The van der Waals surface area contributed by atoms with Crippen molar-refractivity contribution < 1.29 is 27.8 Å². The maximum atomic E-state index is 13.1. The number of rotatable bonds is 10. The first kappa shape index (κ1) is 26.0. The number of benzene rings is 1. The Kier molecular flexibility index (Phi) is 7.94. The highest BCUT2D eigenvalue weighted by atomic mass is 35.5. The number of fused-ring (bicyclic) bond motifs is 1. The Labute approximate surface area is 214 Å². The number of nitrogens with two attached hydrogens (primary N) is 1. The van der Waals surface area contributed by atoms with E-state index in [-0.39, 0.29) is 52.9 Å². The van der Waals surface area contributed by atoms with Gasteiger partial charge in [0, 0.05) is 35.7 Å². The predicted molar refractivity (Wildman–Crippen MR) is 129 cm³/mol. The molecular formula is C23H22ClF2N7O4. The van der Waals surface area contributed by atoms with Crippen molar-refractivity contribution in [3.8, 4) is 17.0 Å². The van der Waals surface area contributed by atoms with Gasteiger partial charge in [0.05, 0.1) is 18.5 Å². The molecule has 0 saturated heterocycles. The van der Waals surface area contributed by atoms with Gasteiger partial charge in [0.25, 0.3) is 5.91 Å². The molecule has 14 heteroatoms. The van der Waals surface area contributed by atoms with Gasteiger partial charge in [-0.1, -0.05) is 11.6 Å². The van der Waals surface area contributed by atoms with E-state index in [1.54, 1.807) is 19.2 Å². The molecule has 0 bridgehead atoms. The maximum Gasteiger partial charge on any atom is 0.387 e. The highest BCUT2D eigenvalue weighted by molar-refractivity contribution is 6.31. The zero-order chi connectivity index (χ0) is 26.5. The van der Waals surface area contributed by atoms with Crippen LogP contribution in [0, 0.1) is 0 Å². The third-order valence-electron chi connectivity index (χ3n) is 5.21. The normalized spacial score (nSPS) is 12.1. The number of nitrogens with zero attached hydrogens (tertiary/aromatic N) is 5. The Morgan fingerprint density at radius 1 is 1.30 bits per heavy atom. The van der Waals surface area contributed by atoms with Crippen LogP contribution in [0.15, 0.2) is 49.1 Å². The quantitative estimate of drug-likeness (QED) is 0.296. The zero-order valence-corrected chi connectivity index (χ0v) is 20.2. The Bertz CT molecular complexity index is 1430. The number of esters is 1. The van der Waals surface area contributed by atoms with E-state index in [2.05, 4.69) is 25.2 Å². The van der Waals surface area contributed by atoms with Crippen molar-refractivity contribution in [1.29, 1.82) is 0 Å². The highest BCUT2D eigenvalue weighted by Gasteiger charge is 2.23. The lowest BCUT2D eigenvalue weighted by Gasteiger charge is -2.11. The third-order valence-corrected chi connectivity index (χ3v) is 5.44. The molecule has 4 aromatic rings. The van der Waals surface area contributed by atoms with Crippen LogP contribution in [0.25, 0.3) is 16.9 Å². The number of hydrogen-bond donors (Lipinski definition) is 2. The van der Waals surface area contributed by atoms with Crippen molar-refractivity contribution in [2.75, 3.05) is 11.9 Å². The van der Waals surface area contributed by atoms with Crippen LogP contribution in [0.1, 0.15) is 23.7 Å². The first-order chi connectivity index (χ1) is 17.8. The van der Waals surface area contributed by atoms with Gasteiger partial charge < -0.3 is 20.5 Å². The average Bonchev–Trinajstić information content (AvgIpc) is 3.47. The van der Waals surface area contributed by atoms with Crippen LogP contribution < -0.4 is 15.8 Å². The van der Waals surface area contributed by atoms with E-state index in [9.17, 15) is 18.4 Å². The third kappa shape index (κ3) is 6.01. The van der Waals surface area contributed by atoms with Crippen molar-refractivity contribution in [2.24, 2.45) is 5.73 Å². The molecule has 37 heavy (non-hydrogen) atoms. The lowest BCUT2D eigenvalue weighted by atomic mass is 10.1. The summed E-state index contributed by atoms with van der Waals surface area (Å²) in [7, 11) is 0. The van der Waals surface area contributed by atoms with E-state index in [1.807, 2.05) is 0 Å².